The van der Waals surface area contributed by atoms with Crippen LogP contribution in [0.25, 0.3) is 83.1 Å². The molecule has 1 aliphatic rings. The van der Waals surface area contributed by atoms with E-state index >= 15 is 0 Å². The summed E-state index contributed by atoms with van der Waals surface area (Å²) in [5.41, 5.74) is 7.72. The Kier molecular flexibility index (Phi) is 7.25. The molecule has 5 heteroatoms. The SMILES string of the molecule is [2H]c1c([2H])c([2H])c(-c2cccc(-c3c([2H])c([2H])c([2H])c([2H])c3[2H])c2-[n+]2[c-]n(-c3cccc(Oc4ccc5c6cc7c8c(cccc8c6n(-c6cc(C(C)(C)C)ccn6)c5c4)C(C)(C)CC7(C)C)c3)c3ccccc32)c([2H])c1[2H]. The molecule has 0 saturated heterocycles. The molecule has 8 aromatic carbocycles. The largest absolute Gasteiger partial charge is 0.458 e. The molecule has 0 amide bonds. The lowest BCUT2D eigenvalue weighted by molar-refractivity contribution is -0.571. The Morgan fingerprint density at radius 2 is 1.31 bits per heavy atom. The summed E-state index contributed by atoms with van der Waals surface area (Å²) in [5.74, 6) is 1.92. The number of rotatable bonds is 7. The molecule has 0 atom stereocenters. The van der Waals surface area contributed by atoms with E-state index < -0.39 is 60.4 Å². The van der Waals surface area contributed by atoms with Crippen molar-refractivity contribution in [3.8, 4) is 50.9 Å². The summed E-state index contributed by atoms with van der Waals surface area (Å²) >= 11 is 0. The molecule has 0 fully saturated rings. The highest BCUT2D eigenvalue weighted by atomic mass is 16.5. The van der Waals surface area contributed by atoms with Crippen LogP contribution in [0.2, 0.25) is 0 Å². The smallest absolute Gasteiger partial charge is 0.269 e. The van der Waals surface area contributed by atoms with E-state index in [9.17, 15) is 0 Å². The number of aromatic nitrogens is 4. The van der Waals surface area contributed by atoms with E-state index in [1.54, 1.807) is 22.8 Å². The van der Waals surface area contributed by atoms with Gasteiger partial charge in [-0.25, -0.2) is 4.98 Å². The minimum absolute atomic E-state index is 0.0405. The van der Waals surface area contributed by atoms with E-state index in [-0.39, 0.29) is 44.2 Å². The molecule has 0 saturated carbocycles. The molecule has 0 bridgehead atoms. The minimum atomic E-state index is -0.565. The fourth-order valence-electron chi connectivity index (χ4n) is 10.9. The molecule has 5 nitrogen and oxygen atoms in total. The summed E-state index contributed by atoms with van der Waals surface area (Å²) < 4.78 is 100. The molecule has 1 aliphatic carbocycles. The molecular weight excluding hydrogens is 829 g/mol. The van der Waals surface area contributed by atoms with Gasteiger partial charge in [0.2, 0.25) is 0 Å². The van der Waals surface area contributed by atoms with Gasteiger partial charge >= 0.3 is 0 Å². The number of nitrogens with zero attached hydrogens (tertiary/aromatic N) is 4. The van der Waals surface area contributed by atoms with E-state index in [4.69, 9.17) is 23.4 Å². The Morgan fingerprint density at radius 1 is 0.632 bits per heavy atom. The number of fused-ring (bicyclic) bond motifs is 5. The van der Waals surface area contributed by atoms with Crippen LogP contribution in [0, 0.1) is 6.33 Å². The van der Waals surface area contributed by atoms with Crippen LogP contribution in [0.1, 0.15) is 85.3 Å². The maximum Gasteiger partial charge on any atom is 0.269 e. The Morgan fingerprint density at radius 3 is 2.04 bits per heavy atom. The van der Waals surface area contributed by atoms with Gasteiger partial charge in [0.05, 0.1) is 47.1 Å². The first-order valence-electron chi connectivity index (χ1n) is 28.0. The van der Waals surface area contributed by atoms with Crippen LogP contribution >= 0.6 is 0 Å². The Labute approximate surface area is 412 Å². The quantitative estimate of drug-likeness (QED) is 0.118. The van der Waals surface area contributed by atoms with Gasteiger partial charge in [-0.2, -0.15) is 0 Å². The van der Waals surface area contributed by atoms with E-state index in [1.807, 2.05) is 65.4 Å². The van der Waals surface area contributed by atoms with Crippen LogP contribution in [0.5, 0.6) is 11.5 Å². The van der Waals surface area contributed by atoms with E-state index in [0.717, 1.165) is 39.6 Å². The summed E-state index contributed by atoms with van der Waals surface area (Å²) in [5, 5.41) is 4.69. The third kappa shape index (κ3) is 6.74. The van der Waals surface area contributed by atoms with Gasteiger partial charge in [-0.1, -0.05) is 176 Å². The molecule has 0 radical (unpaired) electrons. The zero-order valence-corrected chi connectivity index (χ0v) is 39.0. The maximum atomic E-state index is 9.08. The number of imidazole rings is 1. The second-order valence-electron chi connectivity index (χ2n) is 20.2. The zero-order valence-electron chi connectivity index (χ0n) is 49.0. The van der Waals surface area contributed by atoms with Crippen molar-refractivity contribution >= 4 is 43.6 Å². The molecule has 11 aromatic rings. The second kappa shape index (κ2) is 15.4. The average molecular weight is 893 g/mol. The first-order chi connectivity index (χ1) is 37.0. The van der Waals surface area contributed by atoms with Gasteiger partial charge in [0.1, 0.15) is 17.3 Å². The number of hydrogen-bond donors (Lipinski definition) is 0. The summed E-state index contributed by atoms with van der Waals surface area (Å²) in [6.07, 6.45) is 6.38. The van der Waals surface area contributed by atoms with E-state index in [2.05, 4.69) is 108 Å². The predicted molar refractivity (Wildman–Crippen MR) is 280 cm³/mol. The number of para-hydroxylation sites is 3. The maximum absolute atomic E-state index is 9.08. The average Bonchev–Trinajstić information content (AvgIpc) is 3.61. The van der Waals surface area contributed by atoms with Gasteiger partial charge in [-0.05, 0) is 116 Å². The number of benzene rings is 8. The molecule has 0 aliphatic heterocycles. The van der Waals surface area contributed by atoms with Crippen molar-refractivity contribution < 1.29 is 23.0 Å². The van der Waals surface area contributed by atoms with Crippen LogP contribution < -0.4 is 9.30 Å². The molecule has 68 heavy (non-hydrogen) atoms. The number of ether oxygens (including phenoxy) is 1. The monoisotopic (exact) mass is 892 g/mol. The Bertz CT molecular complexity index is 4250. The van der Waals surface area contributed by atoms with E-state index in [1.165, 1.54) is 21.9 Å². The molecule has 12 rings (SSSR count). The van der Waals surface area contributed by atoms with Gasteiger partial charge in [0.15, 0.2) is 0 Å². The summed E-state index contributed by atoms with van der Waals surface area (Å²) in [4.78, 5) is 5.06. The minimum Gasteiger partial charge on any atom is -0.458 e. The lowest BCUT2D eigenvalue weighted by Gasteiger charge is -2.42. The van der Waals surface area contributed by atoms with Gasteiger partial charge in [0.25, 0.3) is 6.33 Å². The Balaban J connectivity index is 1.05. The highest BCUT2D eigenvalue weighted by Gasteiger charge is 2.40. The van der Waals surface area contributed by atoms with Crippen molar-refractivity contribution in [3.05, 3.63) is 211 Å². The number of hydrogen-bond acceptors (Lipinski definition) is 2. The molecule has 3 heterocycles. The van der Waals surface area contributed by atoms with Crippen molar-refractivity contribution in [1.82, 2.24) is 14.1 Å². The normalized spacial score (nSPS) is 16.3. The zero-order chi connectivity index (χ0) is 55.2. The van der Waals surface area contributed by atoms with Crippen LogP contribution in [0.4, 0.5) is 0 Å². The Hall–Kier alpha value is -7.76. The standard InChI is InChI=1S/C63H54N4O/c1-61(2,3)43-33-34-64-57(35-43)67-56-37-46(31-32-49(56)51-38-53-58-50(60(51)67)27-18-28-52(58)62(4,5)39-63(53,6)7)68-45-24-16-23-44(36-45)65-40-66(55-30-15-14-29-54(55)65)59-47(41-19-10-8-11-20-41)25-17-26-48(59)42-21-12-9-13-22-42/h8-38H,39H2,1-7H3/i8D,9D,10D,11D,12D,13D,19D,20D,21D,22D. The second-order valence-corrected chi connectivity index (χ2v) is 20.2. The van der Waals surface area contributed by atoms with Crippen LogP contribution in [-0.4, -0.2) is 14.1 Å². The van der Waals surface area contributed by atoms with Gasteiger partial charge in [-0.3, -0.25) is 13.7 Å². The van der Waals surface area contributed by atoms with Crippen molar-refractivity contribution in [3.63, 3.8) is 0 Å². The topological polar surface area (TPSA) is 35.9 Å². The lowest BCUT2D eigenvalue weighted by atomic mass is 9.61. The lowest BCUT2D eigenvalue weighted by Crippen LogP contribution is -2.34. The van der Waals surface area contributed by atoms with Crippen LogP contribution in [-0.2, 0) is 16.2 Å². The fourth-order valence-corrected chi connectivity index (χ4v) is 10.9. The van der Waals surface area contributed by atoms with Gasteiger partial charge in [0, 0.05) is 28.4 Å². The van der Waals surface area contributed by atoms with Crippen molar-refractivity contribution in [2.24, 2.45) is 0 Å². The van der Waals surface area contributed by atoms with Gasteiger partial charge in [-0.15, -0.1) is 0 Å². The van der Waals surface area contributed by atoms with Crippen LogP contribution in [0.15, 0.2) is 188 Å². The number of pyridine rings is 1. The molecule has 332 valence electrons. The first kappa shape index (κ1) is 32.0. The van der Waals surface area contributed by atoms with Gasteiger partial charge < -0.3 is 4.74 Å². The predicted octanol–water partition coefficient (Wildman–Crippen LogP) is 15.7. The molecule has 0 unspecified atom stereocenters. The third-order valence-electron chi connectivity index (χ3n) is 13.7. The fraction of sp³-hybridized carbons (Fsp3) is 0.175. The third-order valence-corrected chi connectivity index (χ3v) is 13.7. The highest BCUT2D eigenvalue weighted by molar-refractivity contribution is 6.20. The summed E-state index contributed by atoms with van der Waals surface area (Å²) in [6.45, 7) is 16.1. The molecule has 3 aromatic heterocycles. The first-order valence-corrected chi connectivity index (χ1v) is 23.0. The highest BCUT2D eigenvalue weighted by Crippen LogP contribution is 2.52. The summed E-state index contributed by atoms with van der Waals surface area (Å²) in [6, 6.07) is 34.2. The summed E-state index contributed by atoms with van der Waals surface area (Å²) in [7, 11) is 0. The molecular formula is C63H54N4O. The van der Waals surface area contributed by atoms with Crippen molar-refractivity contribution in [2.45, 2.75) is 71.1 Å². The van der Waals surface area contributed by atoms with Crippen molar-refractivity contribution in [2.75, 3.05) is 0 Å². The van der Waals surface area contributed by atoms with Crippen molar-refractivity contribution in [1.29, 1.82) is 0 Å². The molecule has 0 spiro atoms. The molecule has 0 N–H and O–H groups in total. The van der Waals surface area contributed by atoms with Crippen LogP contribution in [0.3, 0.4) is 0 Å². The van der Waals surface area contributed by atoms with E-state index in [0.29, 0.717) is 28.2 Å².